The molecule has 0 saturated heterocycles. The number of rotatable bonds is 1. The highest BCUT2D eigenvalue weighted by molar-refractivity contribution is 5.82. The van der Waals surface area contributed by atoms with Gasteiger partial charge in [-0.1, -0.05) is 39.0 Å². The lowest BCUT2D eigenvalue weighted by atomic mass is 9.86. The van der Waals surface area contributed by atoms with E-state index in [4.69, 9.17) is 5.84 Å². The van der Waals surface area contributed by atoms with Gasteiger partial charge in [-0.3, -0.25) is 0 Å². The zero-order valence-electron chi connectivity index (χ0n) is 9.91. The largest absolute Gasteiger partial charge is 0.308 e. The van der Waals surface area contributed by atoms with Gasteiger partial charge < -0.3 is 5.43 Å². The van der Waals surface area contributed by atoms with E-state index >= 15 is 0 Å². The molecule has 1 heterocycles. The van der Waals surface area contributed by atoms with Gasteiger partial charge in [-0.15, -0.1) is 0 Å². The number of pyridine rings is 1. The van der Waals surface area contributed by atoms with E-state index in [9.17, 15) is 0 Å². The molecule has 0 amide bonds. The Morgan fingerprint density at radius 1 is 1.19 bits per heavy atom. The molecule has 84 valence electrons. The first-order chi connectivity index (χ1) is 7.52. The van der Waals surface area contributed by atoms with Crippen molar-refractivity contribution in [3.05, 3.63) is 35.9 Å². The highest BCUT2D eigenvalue weighted by atomic mass is 15.2. The number of nitrogens with two attached hydrogens (primary N) is 1. The molecule has 3 heteroatoms. The molecule has 0 unspecified atom stereocenters. The first-order valence-electron chi connectivity index (χ1n) is 5.39. The lowest BCUT2D eigenvalue weighted by molar-refractivity contribution is 0.590. The summed E-state index contributed by atoms with van der Waals surface area (Å²) in [5.41, 5.74) is 4.80. The van der Waals surface area contributed by atoms with E-state index in [1.807, 2.05) is 18.2 Å². The van der Waals surface area contributed by atoms with Crippen molar-refractivity contribution in [2.45, 2.75) is 26.2 Å². The van der Waals surface area contributed by atoms with Crippen molar-refractivity contribution in [1.29, 1.82) is 0 Å². The Bertz CT molecular complexity index is 512. The van der Waals surface area contributed by atoms with Crippen molar-refractivity contribution < 1.29 is 0 Å². The van der Waals surface area contributed by atoms with E-state index in [1.54, 1.807) is 0 Å². The lowest BCUT2D eigenvalue weighted by Crippen LogP contribution is -2.19. The number of benzene rings is 1. The molecular formula is C13H17N3. The van der Waals surface area contributed by atoms with Crippen molar-refractivity contribution in [3.63, 3.8) is 0 Å². The van der Waals surface area contributed by atoms with Gasteiger partial charge in [0.1, 0.15) is 5.82 Å². The second kappa shape index (κ2) is 3.76. The van der Waals surface area contributed by atoms with Gasteiger partial charge in [-0.2, -0.15) is 0 Å². The second-order valence-electron chi connectivity index (χ2n) is 4.97. The van der Waals surface area contributed by atoms with E-state index in [0.29, 0.717) is 0 Å². The van der Waals surface area contributed by atoms with Gasteiger partial charge in [0, 0.05) is 10.9 Å². The first-order valence-corrected chi connectivity index (χ1v) is 5.39. The van der Waals surface area contributed by atoms with Crippen LogP contribution in [0, 0.1) is 0 Å². The molecule has 0 bridgehead atoms. The Kier molecular flexibility index (Phi) is 2.56. The molecule has 3 nitrogen and oxygen atoms in total. The molecule has 0 atom stereocenters. The van der Waals surface area contributed by atoms with Crippen LogP contribution in [-0.4, -0.2) is 4.98 Å². The quantitative estimate of drug-likeness (QED) is 0.568. The molecule has 0 saturated carbocycles. The van der Waals surface area contributed by atoms with Crippen LogP contribution >= 0.6 is 0 Å². The number of anilines is 1. The summed E-state index contributed by atoms with van der Waals surface area (Å²) in [5.74, 6) is 6.28. The van der Waals surface area contributed by atoms with E-state index < -0.39 is 0 Å². The van der Waals surface area contributed by atoms with Crippen LogP contribution in [0.3, 0.4) is 0 Å². The Morgan fingerprint density at radius 2 is 1.88 bits per heavy atom. The average Bonchev–Trinajstić information content (AvgIpc) is 2.26. The zero-order chi connectivity index (χ0) is 11.8. The van der Waals surface area contributed by atoms with Crippen molar-refractivity contribution in [2.24, 2.45) is 5.84 Å². The third kappa shape index (κ3) is 1.86. The van der Waals surface area contributed by atoms with Crippen molar-refractivity contribution in [2.75, 3.05) is 5.43 Å². The van der Waals surface area contributed by atoms with Gasteiger partial charge in [-0.05, 0) is 17.5 Å². The number of nitrogens with zero attached hydrogens (tertiary/aromatic N) is 1. The van der Waals surface area contributed by atoms with Crippen LogP contribution in [0.15, 0.2) is 30.3 Å². The summed E-state index contributed by atoms with van der Waals surface area (Å²) in [6.07, 6.45) is 0. The molecule has 0 aliphatic rings. The van der Waals surface area contributed by atoms with Crippen LogP contribution in [0.2, 0.25) is 0 Å². The molecule has 16 heavy (non-hydrogen) atoms. The van der Waals surface area contributed by atoms with Crippen molar-refractivity contribution in [3.8, 4) is 0 Å². The number of hydrogen-bond acceptors (Lipinski definition) is 3. The maximum absolute atomic E-state index is 5.53. The van der Waals surface area contributed by atoms with Gasteiger partial charge in [0.2, 0.25) is 0 Å². The molecule has 2 rings (SSSR count). The lowest BCUT2D eigenvalue weighted by Gasteiger charge is -2.22. The Balaban J connectivity index is 2.73. The van der Waals surface area contributed by atoms with Crippen LogP contribution in [0.25, 0.3) is 10.9 Å². The van der Waals surface area contributed by atoms with Gasteiger partial charge >= 0.3 is 0 Å². The summed E-state index contributed by atoms with van der Waals surface area (Å²) < 4.78 is 0. The Labute approximate surface area is 95.7 Å². The van der Waals surface area contributed by atoms with Crippen LogP contribution < -0.4 is 11.3 Å². The first kappa shape index (κ1) is 10.9. The van der Waals surface area contributed by atoms with Crippen molar-refractivity contribution in [1.82, 2.24) is 4.98 Å². The fourth-order valence-corrected chi connectivity index (χ4v) is 1.80. The standard InChI is InChI=1S/C13H17N3/c1-13(2,3)10-8-9-6-4-5-7-11(9)15-12(10)16-14/h4-8H,14H2,1-3H3,(H,15,16). The average molecular weight is 215 g/mol. The van der Waals surface area contributed by atoms with E-state index in [1.165, 1.54) is 0 Å². The molecule has 1 aromatic heterocycles. The Hall–Kier alpha value is -1.61. The molecule has 0 aliphatic carbocycles. The maximum atomic E-state index is 5.53. The van der Waals surface area contributed by atoms with E-state index in [-0.39, 0.29) is 5.41 Å². The molecule has 2 aromatic rings. The van der Waals surface area contributed by atoms with Gasteiger partial charge in [0.25, 0.3) is 0 Å². The topological polar surface area (TPSA) is 50.9 Å². The highest BCUT2D eigenvalue weighted by Crippen LogP contribution is 2.30. The van der Waals surface area contributed by atoms with Gasteiger partial charge in [0.05, 0.1) is 5.52 Å². The van der Waals surface area contributed by atoms with Crippen LogP contribution in [0.4, 0.5) is 5.82 Å². The molecule has 0 radical (unpaired) electrons. The summed E-state index contributed by atoms with van der Waals surface area (Å²) in [5, 5.41) is 1.14. The minimum absolute atomic E-state index is 0.0265. The highest BCUT2D eigenvalue weighted by Gasteiger charge is 2.19. The summed E-state index contributed by atoms with van der Waals surface area (Å²) >= 11 is 0. The third-order valence-electron chi connectivity index (χ3n) is 2.67. The number of nitrogens with one attached hydrogen (secondary N) is 1. The molecule has 3 N–H and O–H groups in total. The fraction of sp³-hybridized carbons (Fsp3) is 0.308. The summed E-state index contributed by atoms with van der Waals surface area (Å²) in [7, 11) is 0. The van der Waals surface area contributed by atoms with Crippen LogP contribution in [0.5, 0.6) is 0 Å². The molecule has 1 aromatic carbocycles. The normalized spacial score (nSPS) is 11.8. The molecule has 0 aliphatic heterocycles. The predicted octanol–water partition coefficient (Wildman–Crippen LogP) is 2.82. The number of para-hydroxylation sites is 1. The van der Waals surface area contributed by atoms with E-state index in [0.717, 1.165) is 22.3 Å². The smallest absolute Gasteiger partial charge is 0.144 e. The number of fused-ring (bicyclic) bond motifs is 1. The summed E-state index contributed by atoms with van der Waals surface area (Å²) in [6, 6.07) is 10.2. The minimum Gasteiger partial charge on any atom is -0.308 e. The van der Waals surface area contributed by atoms with Gasteiger partial charge in [-0.25, -0.2) is 10.8 Å². The molecule has 0 fully saturated rings. The third-order valence-corrected chi connectivity index (χ3v) is 2.67. The van der Waals surface area contributed by atoms with Crippen LogP contribution in [-0.2, 0) is 5.41 Å². The number of hydrogen-bond donors (Lipinski definition) is 2. The van der Waals surface area contributed by atoms with Crippen LogP contribution in [0.1, 0.15) is 26.3 Å². The number of hydrazine groups is 1. The van der Waals surface area contributed by atoms with Crippen molar-refractivity contribution >= 4 is 16.7 Å². The SMILES string of the molecule is CC(C)(C)c1cc2ccccc2nc1NN. The number of nitrogen functional groups attached to an aromatic ring is 1. The monoisotopic (exact) mass is 215 g/mol. The second-order valence-corrected chi connectivity index (χ2v) is 4.97. The summed E-state index contributed by atoms with van der Waals surface area (Å²) in [6.45, 7) is 6.46. The summed E-state index contributed by atoms with van der Waals surface area (Å²) in [4.78, 5) is 4.52. The molecule has 0 spiro atoms. The fourth-order valence-electron chi connectivity index (χ4n) is 1.80. The number of aromatic nitrogens is 1. The van der Waals surface area contributed by atoms with Gasteiger partial charge in [0.15, 0.2) is 0 Å². The predicted molar refractivity (Wildman–Crippen MR) is 68.3 cm³/mol. The van der Waals surface area contributed by atoms with E-state index in [2.05, 4.69) is 43.3 Å². The Morgan fingerprint density at radius 3 is 2.50 bits per heavy atom. The maximum Gasteiger partial charge on any atom is 0.144 e. The molecular weight excluding hydrogens is 198 g/mol. The zero-order valence-corrected chi connectivity index (χ0v) is 9.91. The minimum atomic E-state index is 0.0265.